The Bertz CT molecular complexity index is 601. The average molecular weight is 274 g/mol. The van der Waals surface area contributed by atoms with Crippen LogP contribution < -0.4 is 19.5 Å². The quantitative estimate of drug-likeness (QED) is 0.659. The number of methoxy groups -OCH3 is 1. The van der Waals surface area contributed by atoms with Crippen LogP contribution in [0, 0.1) is 5.21 Å². The third-order valence-corrected chi connectivity index (χ3v) is 2.49. The minimum Gasteiger partial charge on any atom is -0.616 e. The first-order valence-corrected chi connectivity index (χ1v) is 5.94. The van der Waals surface area contributed by atoms with Crippen LogP contribution in [0.2, 0.25) is 0 Å². The minimum absolute atomic E-state index is 0.0771. The van der Waals surface area contributed by atoms with Crippen molar-refractivity contribution in [3.63, 3.8) is 0 Å². The lowest BCUT2D eigenvalue weighted by molar-refractivity contribution is -0.612. The summed E-state index contributed by atoms with van der Waals surface area (Å²) in [6, 6.07) is 11.7. The number of benzene rings is 1. The maximum Gasteiger partial charge on any atom is 0.379 e. The van der Waals surface area contributed by atoms with Gasteiger partial charge < -0.3 is 20.0 Å². The first-order chi connectivity index (χ1) is 9.69. The molecule has 104 valence electrons. The number of ether oxygens (including phenoxy) is 2. The van der Waals surface area contributed by atoms with Crippen molar-refractivity contribution in [3.8, 4) is 11.6 Å². The highest BCUT2D eigenvalue weighted by Gasteiger charge is 2.09. The summed E-state index contributed by atoms with van der Waals surface area (Å²) in [7, 11) is 1.55. The Labute approximate surface area is 116 Å². The topological polar surface area (TPSA) is 74.5 Å². The molecular formula is C14H14N2O4. The molecule has 1 amide bonds. The fourth-order valence-electron chi connectivity index (χ4n) is 1.56. The number of nitrogens with zero attached hydrogens (tertiary/aromatic N) is 1. The summed E-state index contributed by atoms with van der Waals surface area (Å²) >= 11 is 0. The van der Waals surface area contributed by atoms with Crippen LogP contribution in [0.5, 0.6) is 11.6 Å². The Morgan fingerprint density at radius 2 is 2.15 bits per heavy atom. The van der Waals surface area contributed by atoms with E-state index < -0.39 is 0 Å². The van der Waals surface area contributed by atoms with E-state index in [-0.39, 0.29) is 18.4 Å². The number of amides is 1. The van der Waals surface area contributed by atoms with Gasteiger partial charge in [-0.1, -0.05) is 6.07 Å². The lowest BCUT2D eigenvalue weighted by Gasteiger charge is -2.08. The zero-order valence-corrected chi connectivity index (χ0v) is 10.9. The van der Waals surface area contributed by atoms with Crippen molar-refractivity contribution in [1.82, 2.24) is 0 Å². The summed E-state index contributed by atoms with van der Waals surface area (Å²) < 4.78 is 10.7. The maximum absolute atomic E-state index is 11.7. The molecule has 0 atom stereocenters. The molecule has 1 N–H and O–H groups in total. The molecule has 0 fully saturated rings. The van der Waals surface area contributed by atoms with Gasteiger partial charge in [0.2, 0.25) is 0 Å². The lowest BCUT2D eigenvalue weighted by Crippen LogP contribution is -2.30. The Morgan fingerprint density at radius 3 is 2.90 bits per heavy atom. The van der Waals surface area contributed by atoms with Gasteiger partial charge in [-0.15, -0.1) is 4.73 Å². The molecule has 20 heavy (non-hydrogen) atoms. The molecular weight excluding hydrogens is 260 g/mol. The standard InChI is InChI=1S/C14H14N2O4/c1-19-12-6-4-5-11(9-12)15-13(17)10-20-14-7-2-3-8-16(14)18/h2-9H,10H2,1H3,(H,15,17). The van der Waals surface area contributed by atoms with Crippen LogP contribution in [0.3, 0.4) is 0 Å². The van der Waals surface area contributed by atoms with E-state index in [0.29, 0.717) is 16.2 Å². The van der Waals surface area contributed by atoms with E-state index in [1.807, 2.05) is 0 Å². The molecule has 0 radical (unpaired) electrons. The molecule has 6 nitrogen and oxygen atoms in total. The lowest BCUT2D eigenvalue weighted by atomic mass is 10.3. The molecule has 6 heteroatoms. The van der Waals surface area contributed by atoms with Gasteiger partial charge in [-0.2, -0.15) is 0 Å². The second kappa shape index (κ2) is 6.42. The summed E-state index contributed by atoms with van der Waals surface area (Å²) in [4.78, 5) is 11.7. The molecule has 0 saturated carbocycles. The van der Waals surface area contributed by atoms with Crippen molar-refractivity contribution in [2.24, 2.45) is 0 Å². The van der Waals surface area contributed by atoms with Crippen LogP contribution >= 0.6 is 0 Å². The zero-order valence-electron chi connectivity index (χ0n) is 10.9. The van der Waals surface area contributed by atoms with Crippen LogP contribution in [0.25, 0.3) is 0 Å². The number of hydrogen-bond acceptors (Lipinski definition) is 4. The first-order valence-electron chi connectivity index (χ1n) is 5.94. The molecule has 0 aliphatic heterocycles. The van der Waals surface area contributed by atoms with Crippen molar-refractivity contribution in [1.29, 1.82) is 0 Å². The molecule has 0 aliphatic carbocycles. The van der Waals surface area contributed by atoms with Crippen LogP contribution in [0.4, 0.5) is 5.69 Å². The van der Waals surface area contributed by atoms with Gasteiger partial charge in [0.25, 0.3) is 5.91 Å². The van der Waals surface area contributed by atoms with Gasteiger partial charge >= 0.3 is 5.88 Å². The number of carbonyl (C=O) groups excluding carboxylic acids is 1. The smallest absolute Gasteiger partial charge is 0.379 e. The SMILES string of the molecule is COc1cccc(NC(=O)COc2cccc[n+]2[O-])c1. The predicted molar refractivity (Wildman–Crippen MR) is 72.5 cm³/mol. The van der Waals surface area contributed by atoms with Crippen LogP contribution in [0.1, 0.15) is 0 Å². The van der Waals surface area contributed by atoms with Gasteiger partial charge in [-0.3, -0.25) is 4.79 Å². The third kappa shape index (κ3) is 3.61. The van der Waals surface area contributed by atoms with Crippen molar-refractivity contribution in [2.45, 2.75) is 0 Å². The Morgan fingerprint density at radius 1 is 1.30 bits per heavy atom. The van der Waals surface area contributed by atoms with Gasteiger partial charge in [0.05, 0.1) is 13.2 Å². The van der Waals surface area contributed by atoms with E-state index >= 15 is 0 Å². The molecule has 2 aromatic rings. The Kier molecular flexibility index (Phi) is 4.39. The highest BCUT2D eigenvalue weighted by atomic mass is 16.6. The van der Waals surface area contributed by atoms with Gasteiger partial charge in [-0.25, -0.2) is 0 Å². The molecule has 0 saturated heterocycles. The summed E-state index contributed by atoms with van der Waals surface area (Å²) in [5.74, 6) is 0.361. The molecule has 0 unspecified atom stereocenters. The summed E-state index contributed by atoms with van der Waals surface area (Å²) in [5.41, 5.74) is 0.598. The molecule has 1 aromatic carbocycles. The number of anilines is 1. The highest BCUT2D eigenvalue weighted by molar-refractivity contribution is 5.92. The first kappa shape index (κ1) is 13.7. The van der Waals surface area contributed by atoms with E-state index in [1.165, 1.54) is 12.3 Å². The number of carbonyl (C=O) groups is 1. The number of pyridine rings is 1. The molecule has 0 aliphatic rings. The number of rotatable bonds is 5. The van der Waals surface area contributed by atoms with Gasteiger partial charge in [0.15, 0.2) is 12.8 Å². The van der Waals surface area contributed by atoms with E-state index in [9.17, 15) is 10.0 Å². The fourth-order valence-corrected chi connectivity index (χ4v) is 1.56. The van der Waals surface area contributed by atoms with Crippen LogP contribution in [-0.4, -0.2) is 19.6 Å². The largest absolute Gasteiger partial charge is 0.616 e. The van der Waals surface area contributed by atoms with Gasteiger partial charge in [-0.05, 0) is 18.2 Å². The Balaban J connectivity index is 1.91. The van der Waals surface area contributed by atoms with E-state index in [4.69, 9.17) is 9.47 Å². The third-order valence-electron chi connectivity index (χ3n) is 2.49. The normalized spacial score (nSPS) is 9.85. The molecule has 1 aromatic heterocycles. The van der Waals surface area contributed by atoms with Gasteiger partial charge in [0.1, 0.15) is 5.75 Å². The molecule has 0 bridgehead atoms. The second-order valence-corrected chi connectivity index (χ2v) is 3.93. The fraction of sp³-hybridized carbons (Fsp3) is 0.143. The second-order valence-electron chi connectivity index (χ2n) is 3.93. The number of nitrogens with one attached hydrogen (secondary N) is 1. The van der Waals surface area contributed by atoms with Crippen molar-refractivity contribution >= 4 is 11.6 Å². The molecule has 2 rings (SSSR count). The Hall–Kier alpha value is -2.76. The zero-order chi connectivity index (χ0) is 14.4. The summed E-state index contributed by atoms with van der Waals surface area (Å²) in [6.45, 7) is -0.247. The minimum atomic E-state index is -0.359. The average Bonchev–Trinajstić information content (AvgIpc) is 2.46. The molecule has 0 spiro atoms. The van der Waals surface area contributed by atoms with E-state index in [0.717, 1.165) is 0 Å². The van der Waals surface area contributed by atoms with E-state index in [2.05, 4.69) is 5.32 Å². The number of hydrogen-bond donors (Lipinski definition) is 1. The summed E-state index contributed by atoms with van der Waals surface area (Å²) in [5, 5.41) is 14.0. The van der Waals surface area contributed by atoms with Crippen molar-refractivity contribution in [3.05, 3.63) is 53.9 Å². The van der Waals surface area contributed by atoms with E-state index in [1.54, 1.807) is 43.5 Å². The monoisotopic (exact) mass is 274 g/mol. The molecule has 1 heterocycles. The predicted octanol–water partition coefficient (Wildman–Crippen LogP) is 1.35. The van der Waals surface area contributed by atoms with Crippen LogP contribution in [0.15, 0.2) is 48.7 Å². The van der Waals surface area contributed by atoms with Crippen LogP contribution in [-0.2, 0) is 4.79 Å². The highest BCUT2D eigenvalue weighted by Crippen LogP contribution is 2.16. The summed E-state index contributed by atoms with van der Waals surface area (Å²) in [6.07, 6.45) is 1.30. The maximum atomic E-state index is 11.7. The van der Waals surface area contributed by atoms with Crippen molar-refractivity contribution < 1.29 is 19.0 Å². The van der Waals surface area contributed by atoms with Crippen molar-refractivity contribution in [2.75, 3.05) is 19.0 Å². The number of aromatic nitrogens is 1. The van der Waals surface area contributed by atoms with Gasteiger partial charge in [0, 0.05) is 17.8 Å².